The van der Waals surface area contributed by atoms with Gasteiger partial charge in [0.2, 0.25) is 5.91 Å². The van der Waals surface area contributed by atoms with Gasteiger partial charge >= 0.3 is 0 Å². The van der Waals surface area contributed by atoms with Crippen LogP contribution in [-0.4, -0.2) is 23.0 Å². The maximum absolute atomic E-state index is 12.9. The number of hydrogen-bond donors (Lipinski definition) is 1. The minimum atomic E-state index is -1.10. The molecule has 1 fully saturated rings. The standard InChI is InChI=1S/C17H14Cl2FN3O2/c1-8-4-11(18)15(12(19)5-8)17(25)22-9-2-3-21-14(6-9)23-16(24)10-7-13(10)20/h2-6,10,13H,7H2,1H3,(H2,21,22,23,24,25)/p-1. The molecule has 0 radical (unpaired) electrons. The van der Waals surface area contributed by atoms with Crippen molar-refractivity contribution in [2.24, 2.45) is 10.9 Å². The summed E-state index contributed by atoms with van der Waals surface area (Å²) in [6, 6.07) is 6.16. The van der Waals surface area contributed by atoms with E-state index in [2.05, 4.69) is 15.3 Å². The number of nitrogens with zero attached hydrogens (tertiary/aromatic N) is 2. The van der Waals surface area contributed by atoms with Gasteiger partial charge in [-0.25, -0.2) is 9.37 Å². The van der Waals surface area contributed by atoms with Crippen molar-refractivity contribution in [2.75, 3.05) is 5.32 Å². The van der Waals surface area contributed by atoms with Gasteiger partial charge in [-0.2, -0.15) is 0 Å². The number of halogens is 3. The van der Waals surface area contributed by atoms with E-state index < -0.39 is 23.9 Å². The van der Waals surface area contributed by atoms with Crippen LogP contribution in [0, 0.1) is 12.8 Å². The molecule has 0 aliphatic heterocycles. The van der Waals surface area contributed by atoms with E-state index in [0.29, 0.717) is 0 Å². The van der Waals surface area contributed by atoms with Crippen LogP contribution in [0.3, 0.4) is 0 Å². The summed E-state index contributed by atoms with van der Waals surface area (Å²) >= 11 is 12.2. The molecule has 1 amide bonds. The fourth-order valence-corrected chi connectivity index (χ4v) is 3.05. The summed E-state index contributed by atoms with van der Waals surface area (Å²) in [6.45, 7) is 1.81. The van der Waals surface area contributed by atoms with E-state index in [1.165, 1.54) is 18.3 Å². The number of aryl methyl sites for hydroxylation is 1. The van der Waals surface area contributed by atoms with Crippen LogP contribution in [0.15, 0.2) is 35.5 Å². The molecule has 0 spiro atoms. The first-order chi connectivity index (χ1) is 11.8. The molecule has 1 aromatic heterocycles. The lowest BCUT2D eigenvalue weighted by Gasteiger charge is -2.15. The maximum Gasteiger partial charge on any atom is 0.231 e. The number of alkyl halides is 1. The van der Waals surface area contributed by atoms with Crippen LogP contribution >= 0.6 is 23.2 Å². The molecular weight excluding hydrogens is 368 g/mol. The van der Waals surface area contributed by atoms with E-state index in [0.717, 1.165) is 5.56 Å². The van der Waals surface area contributed by atoms with Crippen molar-refractivity contribution in [3.8, 4) is 0 Å². The van der Waals surface area contributed by atoms with Crippen molar-refractivity contribution in [2.45, 2.75) is 19.5 Å². The smallest absolute Gasteiger partial charge is 0.231 e. The monoisotopic (exact) mass is 380 g/mol. The number of anilines is 1. The zero-order valence-corrected chi connectivity index (χ0v) is 14.6. The molecule has 2 atom stereocenters. The van der Waals surface area contributed by atoms with Crippen LogP contribution in [0.1, 0.15) is 17.5 Å². The van der Waals surface area contributed by atoms with E-state index in [-0.39, 0.29) is 33.5 Å². The summed E-state index contributed by atoms with van der Waals surface area (Å²) in [4.78, 5) is 19.7. The SMILES string of the molecule is Cc1cc(Cl)c(C([O-])=Nc2ccnc(NC(=O)C3CC3F)c2)c(Cl)c1. The molecule has 0 saturated heterocycles. The third kappa shape index (κ3) is 4.08. The molecule has 25 heavy (non-hydrogen) atoms. The van der Waals surface area contributed by atoms with Crippen LogP contribution < -0.4 is 10.4 Å². The van der Waals surface area contributed by atoms with Crippen molar-refractivity contribution in [3.05, 3.63) is 51.6 Å². The van der Waals surface area contributed by atoms with Crippen molar-refractivity contribution in [1.29, 1.82) is 0 Å². The van der Waals surface area contributed by atoms with Gasteiger partial charge in [0.05, 0.1) is 21.7 Å². The van der Waals surface area contributed by atoms with E-state index in [4.69, 9.17) is 23.2 Å². The Morgan fingerprint density at radius 2 is 2.00 bits per heavy atom. The lowest BCUT2D eigenvalue weighted by molar-refractivity contribution is -0.212. The Hall–Kier alpha value is -2.18. The Morgan fingerprint density at radius 3 is 2.60 bits per heavy atom. The first kappa shape index (κ1) is 17.6. The first-order valence-electron chi connectivity index (χ1n) is 7.48. The Balaban J connectivity index is 1.83. The highest BCUT2D eigenvalue weighted by atomic mass is 35.5. The summed E-state index contributed by atoms with van der Waals surface area (Å²) in [6.07, 6.45) is 0.513. The highest BCUT2D eigenvalue weighted by molar-refractivity contribution is 6.39. The Morgan fingerprint density at radius 1 is 1.36 bits per heavy atom. The number of carbonyl (C=O) groups excluding carboxylic acids is 1. The summed E-state index contributed by atoms with van der Waals surface area (Å²) < 4.78 is 12.9. The van der Waals surface area contributed by atoms with Crippen LogP contribution in [-0.2, 0) is 4.79 Å². The quantitative estimate of drug-likeness (QED) is 0.651. The molecule has 8 heteroatoms. The second kappa shape index (κ2) is 6.98. The topological polar surface area (TPSA) is 77.4 Å². The molecule has 1 aliphatic rings. The van der Waals surface area contributed by atoms with Crippen molar-refractivity contribution >= 4 is 46.5 Å². The number of rotatable bonds is 4. The predicted molar refractivity (Wildman–Crippen MR) is 93.3 cm³/mol. The zero-order chi connectivity index (χ0) is 18.1. The summed E-state index contributed by atoms with van der Waals surface area (Å²) in [5, 5.41) is 15.3. The lowest BCUT2D eigenvalue weighted by Crippen LogP contribution is -2.19. The normalized spacial score (nSPS) is 19.6. The Bertz CT molecular complexity index is 850. The van der Waals surface area contributed by atoms with Crippen LogP contribution in [0.2, 0.25) is 10.0 Å². The molecule has 0 bridgehead atoms. The maximum atomic E-state index is 12.9. The molecule has 1 aromatic carbocycles. The number of aliphatic imine (C=N–C) groups is 1. The first-order valence-corrected chi connectivity index (χ1v) is 8.23. The average Bonchev–Trinajstić information content (AvgIpc) is 3.23. The van der Waals surface area contributed by atoms with Crippen LogP contribution in [0.4, 0.5) is 15.9 Å². The second-order valence-corrected chi connectivity index (χ2v) is 6.58. The van der Waals surface area contributed by atoms with Crippen molar-refractivity contribution < 1.29 is 14.3 Å². The van der Waals surface area contributed by atoms with Crippen LogP contribution in [0.25, 0.3) is 0 Å². The fraction of sp³-hybridized carbons (Fsp3) is 0.235. The lowest BCUT2D eigenvalue weighted by atomic mass is 10.1. The van der Waals surface area contributed by atoms with Crippen LogP contribution in [0.5, 0.6) is 0 Å². The minimum Gasteiger partial charge on any atom is -0.858 e. The predicted octanol–water partition coefficient (Wildman–Crippen LogP) is 3.43. The number of pyridine rings is 1. The van der Waals surface area contributed by atoms with E-state index in [1.54, 1.807) is 12.1 Å². The van der Waals surface area contributed by atoms with E-state index >= 15 is 0 Å². The molecular formula is C17H13Cl2FN3O2-. The van der Waals surface area contributed by atoms with Gasteiger partial charge in [0.1, 0.15) is 12.0 Å². The fourth-order valence-electron chi connectivity index (χ4n) is 2.29. The molecule has 2 aromatic rings. The zero-order valence-electron chi connectivity index (χ0n) is 13.1. The molecule has 1 saturated carbocycles. The van der Waals surface area contributed by atoms with Crippen molar-refractivity contribution in [3.63, 3.8) is 0 Å². The van der Waals surface area contributed by atoms with Gasteiger partial charge in [0.15, 0.2) is 0 Å². The molecule has 1 heterocycles. The number of benzene rings is 1. The van der Waals surface area contributed by atoms with Gasteiger partial charge in [0, 0.05) is 17.8 Å². The summed E-state index contributed by atoms with van der Waals surface area (Å²) in [5.74, 6) is -1.48. The number of amides is 1. The average molecular weight is 381 g/mol. The Labute approximate surface area is 153 Å². The number of carbonyl (C=O) groups is 1. The molecule has 1 aliphatic carbocycles. The molecule has 2 unspecified atom stereocenters. The largest absolute Gasteiger partial charge is 0.858 e. The van der Waals surface area contributed by atoms with Gasteiger partial charge < -0.3 is 10.4 Å². The summed E-state index contributed by atoms with van der Waals surface area (Å²) in [5.41, 5.74) is 1.21. The number of nitrogens with one attached hydrogen (secondary N) is 1. The third-order valence-electron chi connectivity index (χ3n) is 3.68. The minimum absolute atomic E-state index is 0.106. The molecule has 5 nitrogen and oxygen atoms in total. The third-order valence-corrected chi connectivity index (χ3v) is 4.27. The number of aromatic nitrogens is 1. The summed E-state index contributed by atoms with van der Waals surface area (Å²) in [7, 11) is 0. The highest BCUT2D eigenvalue weighted by Gasteiger charge is 2.43. The van der Waals surface area contributed by atoms with Gasteiger partial charge in [-0.15, -0.1) is 0 Å². The van der Waals surface area contributed by atoms with Gasteiger partial charge in [0.25, 0.3) is 0 Å². The number of hydrogen-bond acceptors (Lipinski definition) is 4. The highest BCUT2D eigenvalue weighted by Crippen LogP contribution is 2.34. The Kier molecular flexibility index (Phi) is 4.92. The van der Waals surface area contributed by atoms with E-state index in [9.17, 15) is 14.3 Å². The molecule has 1 N–H and O–H groups in total. The van der Waals surface area contributed by atoms with Gasteiger partial charge in [-0.05, 0) is 43.0 Å². The molecule has 130 valence electrons. The second-order valence-electron chi connectivity index (χ2n) is 5.77. The van der Waals surface area contributed by atoms with Gasteiger partial charge in [-0.1, -0.05) is 23.2 Å². The van der Waals surface area contributed by atoms with E-state index in [1.807, 2.05) is 6.92 Å². The molecule has 3 rings (SSSR count). The van der Waals surface area contributed by atoms with Crippen molar-refractivity contribution in [1.82, 2.24) is 4.98 Å². The van der Waals surface area contributed by atoms with Gasteiger partial charge in [-0.3, -0.25) is 9.79 Å².